The van der Waals surface area contributed by atoms with Gasteiger partial charge in [-0.3, -0.25) is 0 Å². The minimum Gasteiger partial charge on any atom is -0.497 e. The molecule has 0 saturated carbocycles. The van der Waals surface area contributed by atoms with Crippen molar-refractivity contribution in [1.82, 2.24) is 0 Å². The van der Waals surface area contributed by atoms with Crippen molar-refractivity contribution in [2.24, 2.45) is 0 Å². The number of carbonyl (C=O) groups is 1. The van der Waals surface area contributed by atoms with Gasteiger partial charge in [0.05, 0.1) is 14.2 Å². The van der Waals surface area contributed by atoms with Crippen LogP contribution in [-0.2, 0) is 11.2 Å². The minimum atomic E-state index is -0.998. The number of benzene rings is 1. The van der Waals surface area contributed by atoms with Crippen molar-refractivity contribution in [3.05, 3.63) is 35.4 Å². The number of ether oxygens (including phenoxy) is 2. The molecular weight excluding hydrogens is 220 g/mol. The third-order valence-electron chi connectivity index (χ3n) is 2.55. The summed E-state index contributed by atoms with van der Waals surface area (Å²) in [6.07, 6.45) is 0.258. The smallest absolute Gasteiger partial charge is 0.331 e. The largest absolute Gasteiger partial charge is 0.497 e. The molecule has 0 radical (unpaired) electrons. The Morgan fingerprint density at radius 3 is 2.47 bits per heavy atom. The van der Waals surface area contributed by atoms with Gasteiger partial charge in [0.2, 0.25) is 0 Å². The van der Waals surface area contributed by atoms with Crippen LogP contribution in [0.5, 0.6) is 11.5 Å². The molecule has 1 aromatic carbocycles. The van der Waals surface area contributed by atoms with Crippen molar-refractivity contribution in [2.45, 2.75) is 13.3 Å². The van der Waals surface area contributed by atoms with Crippen LogP contribution in [0, 0.1) is 6.92 Å². The molecule has 0 aliphatic heterocycles. The van der Waals surface area contributed by atoms with E-state index in [1.165, 1.54) is 0 Å². The highest BCUT2D eigenvalue weighted by molar-refractivity contribution is 5.86. The Hall–Kier alpha value is -1.97. The SMILES string of the molecule is C=C(Cc1c(C)cc(OC)cc1OC)C(=O)O. The Balaban J connectivity index is 3.14. The Bertz CT molecular complexity index is 449. The normalized spacial score (nSPS) is 9.82. The molecular formula is C13H16O4. The maximum atomic E-state index is 10.8. The fourth-order valence-electron chi connectivity index (χ4n) is 1.57. The van der Waals surface area contributed by atoms with Crippen LogP contribution in [0.15, 0.2) is 24.3 Å². The summed E-state index contributed by atoms with van der Waals surface area (Å²) in [6, 6.07) is 3.57. The Labute approximate surface area is 100 Å². The molecule has 0 spiro atoms. The van der Waals surface area contributed by atoms with E-state index in [4.69, 9.17) is 14.6 Å². The zero-order chi connectivity index (χ0) is 13.0. The van der Waals surface area contributed by atoms with Crippen molar-refractivity contribution in [2.75, 3.05) is 14.2 Å². The van der Waals surface area contributed by atoms with E-state index in [-0.39, 0.29) is 12.0 Å². The molecule has 0 heterocycles. The van der Waals surface area contributed by atoms with E-state index in [1.54, 1.807) is 20.3 Å². The third kappa shape index (κ3) is 3.00. The summed E-state index contributed by atoms with van der Waals surface area (Å²) < 4.78 is 10.4. The summed E-state index contributed by atoms with van der Waals surface area (Å²) in [5.74, 6) is 0.301. The van der Waals surface area contributed by atoms with Crippen molar-refractivity contribution in [3.63, 3.8) is 0 Å². The lowest BCUT2D eigenvalue weighted by atomic mass is 10.00. The maximum absolute atomic E-state index is 10.8. The number of rotatable bonds is 5. The first-order valence-corrected chi connectivity index (χ1v) is 5.12. The lowest BCUT2D eigenvalue weighted by molar-refractivity contribution is -0.132. The minimum absolute atomic E-state index is 0.136. The summed E-state index contributed by atoms with van der Waals surface area (Å²) in [6.45, 7) is 5.41. The van der Waals surface area contributed by atoms with Crippen molar-refractivity contribution < 1.29 is 19.4 Å². The molecule has 1 aromatic rings. The molecule has 0 aliphatic rings. The van der Waals surface area contributed by atoms with Crippen molar-refractivity contribution >= 4 is 5.97 Å². The third-order valence-corrected chi connectivity index (χ3v) is 2.55. The molecule has 0 aliphatic carbocycles. The number of aliphatic carboxylic acids is 1. The summed E-state index contributed by atoms with van der Waals surface area (Å²) >= 11 is 0. The highest BCUT2D eigenvalue weighted by atomic mass is 16.5. The van der Waals surface area contributed by atoms with Crippen LogP contribution in [0.25, 0.3) is 0 Å². The predicted octanol–water partition coefficient (Wildman–Crippen LogP) is 2.20. The number of hydrogen-bond donors (Lipinski definition) is 1. The molecule has 4 nitrogen and oxygen atoms in total. The van der Waals surface area contributed by atoms with E-state index < -0.39 is 5.97 Å². The fourth-order valence-corrected chi connectivity index (χ4v) is 1.57. The summed E-state index contributed by atoms with van der Waals surface area (Å²) in [4.78, 5) is 10.8. The van der Waals surface area contributed by atoms with E-state index in [0.29, 0.717) is 11.5 Å². The lowest BCUT2D eigenvalue weighted by Crippen LogP contribution is -2.05. The van der Waals surface area contributed by atoms with Gasteiger partial charge in [-0.05, 0) is 18.6 Å². The number of hydrogen-bond acceptors (Lipinski definition) is 3. The van der Waals surface area contributed by atoms with Gasteiger partial charge < -0.3 is 14.6 Å². The highest BCUT2D eigenvalue weighted by Gasteiger charge is 2.13. The van der Waals surface area contributed by atoms with Gasteiger partial charge in [-0.1, -0.05) is 6.58 Å². The quantitative estimate of drug-likeness (QED) is 0.796. The average molecular weight is 236 g/mol. The van der Waals surface area contributed by atoms with Crippen LogP contribution in [0.3, 0.4) is 0 Å². The van der Waals surface area contributed by atoms with Gasteiger partial charge in [0.25, 0.3) is 0 Å². The first-order chi connectivity index (χ1) is 7.99. The Morgan fingerprint density at radius 2 is 2.00 bits per heavy atom. The zero-order valence-electron chi connectivity index (χ0n) is 10.2. The fraction of sp³-hybridized carbons (Fsp3) is 0.308. The standard InChI is InChI=1S/C13H16O4/c1-8-5-10(16-3)7-12(17-4)11(8)6-9(2)13(14)15/h5,7H,2,6H2,1,3-4H3,(H,14,15). The van der Waals surface area contributed by atoms with Crippen molar-refractivity contribution in [3.8, 4) is 11.5 Å². The molecule has 0 unspecified atom stereocenters. The molecule has 0 amide bonds. The van der Waals surface area contributed by atoms with Gasteiger partial charge >= 0.3 is 5.97 Å². The first kappa shape index (κ1) is 13.1. The van der Waals surface area contributed by atoms with Gasteiger partial charge in [-0.15, -0.1) is 0 Å². The van der Waals surface area contributed by atoms with Gasteiger partial charge in [0, 0.05) is 23.6 Å². The van der Waals surface area contributed by atoms with Crippen molar-refractivity contribution in [1.29, 1.82) is 0 Å². The molecule has 4 heteroatoms. The zero-order valence-corrected chi connectivity index (χ0v) is 10.2. The molecule has 1 rings (SSSR count). The van der Waals surface area contributed by atoms with E-state index >= 15 is 0 Å². The van der Waals surface area contributed by atoms with Gasteiger partial charge in [-0.25, -0.2) is 4.79 Å². The molecule has 0 aromatic heterocycles. The number of carboxylic acids is 1. The van der Waals surface area contributed by atoms with E-state index in [2.05, 4.69) is 6.58 Å². The van der Waals surface area contributed by atoms with Gasteiger partial charge in [-0.2, -0.15) is 0 Å². The maximum Gasteiger partial charge on any atom is 0.331 e. The second kappa shape index (κ2) is 5.39. The van der Waals surface area contributed by atoms with E-state index in [1.807, 2.05) is 13.0 Å². The van der Waals surface area contributed by atoms with Crippen LogP contribution >= 0.6 is 0 Å². The Kier molecular flexibility index (Phi) is 4.15. The number of methoxy groups -OCH3 is 2. The van der Waals surface area contributed by atoms with Crippen LogP contribution in [0.1, 0.15) is 11.1 Å². The van der Waals surface area contributed by atoms with E-state index in [9.17, 15) is 4.79 Å². The van der Waals surface area contributed by atoms with Gasteiger partial charge in [0.1, 0.15) is 11.5 Å². The number of aryl methyl sites for hydroxylation is 1. The second-order valence-electron chi connectivity index (χ2n) is 3.71. The monoisotopic (exact) mass is 236 g/mol. The molecule has 1 N–H and O–H groups in total. The average Bonchev–Trinajstić information content (AvgIpc) is 2.30. The molecule has 92 valence electrons. The summed E-state index contributed by atoms with van der Waals surface area (Å²) in [7, 11) is 3.12. The number of carboxylic acid groups (broad SMARTS) is 1. The summed E-state index contributed by atoms with van der Waals surface area (Å²) in [5.41, 5.74) is 1.88. The predicted molar refractivity (Wildman–Crippen MR) is 64.8 cm³/mol. The van der Waals surface area contributed by atoms with Crippen LogP contribution in [0.4, 0.5) is 0 Å². The topological polar surface area (TPSA) is 55.8 Å². The lowest BCUT2D eigenvalue weighted by Gasteiger charge is -2.13. The molecule has 0 atom stereocenters. The molecule has 0 bridgehead atoms. The van der Waals surface area contributed by atoms with Crippen LogP contribution < -0.4 is 9.47 Å². The molecule has 17 heavy (non-hydrogen) atoms. The highest BCUT2D eigenvalue weighted by Crippen LogP contribution is 2.30. The Morgan fingerprint density at radius 1 is 1.35 bits per heavy atom. The molecule has 0 saturated heterocycles. The van der Waals surface area contributed by atoms with Gasteiger partial charge in [0.15, 0.2) is 0 Å². The second-order valence-corrected chi connectivity index (χ2v) is 3.71. The van der Waals surface area contributed by atoms with Crippen LogP contribution in [-0.4, -0.2) is 25.3 Å². The van der Waals surface area contributed by atoms with E-state index in [0.717, 1.165) is 11.1 Å². The van der Waals surface area contributed by atoms with Crippen LogP contribution in [0.2, 0.25) is 0 Å². The molecule has 0 fully saturated rings. The summed E-state index contributed by atoms with van der Waals surface area (Å²) in [5, 5.41) is 8.83. The first-order valence-electron chi connectivity index (χ1n) is 5.12.